The van der Waals surface area contributed by atoms with E-state index in [4.69, 9.17) is 23.8 Å². The Balaban J connectivity index is 2.00. The second kappa shape index (κ2) is 8.18. The average Bonchev–Trinajstić information content (AvgIpc) is 2.64. The highest BCUT2D eigenvalue weighted by Gasteiger charge is 2.31. The van der Waals surface area contributed by atoms with Crippen molar-refractivity contribution in [3.8, 4) is 0 Å². The van der Waals surface area contributed by atoms with Crippen molar-refractivity contribution in [2.45, 2.75) is 26.8 Å². The van der Waals surface area contributed by atoms with E-state index in [9.17, 15) is 14.9 Å². The molecule has 0 bridgehead atoms. The van der Waals surface area contributed by atoms with Crippen LogP contribution in [-0.4, -0.2) is 15.9 Å². The van der Waals surface area contributed by atoms with E-state index in [1.54, 1.807) is 13.0 Å². The topological polar surface area (TPSA) is 96.3 Å². The van der Waals surface area contributed by atoms with Crippen LogP contribution in [0.1, 0.15) is 29.7 Å². The molecule has 0 unspecified atom stereocenters. The first-order valence-electron chi connectivity index (χ1n) is 8.78. The Morgan fingerprint density at radius 2 is 1.90 bits per heavy atom. The van der Waals surface area contributed by atoms with Gasteiger partial charge in [0.1, 0.15) is 5.02 Å². The van der Waals surface area contributed by atoms with Gasteiger partial charge in [-0.25, -0.2) is 0 Å². The van der Waals surface area contributed by atoms with Crippen molar-refractivity contribution in [1.29, 1.82) is 0 Å². The molecule has 3 N–H and O–H groups in total. The number of nitro groups is 1. The summed E-state index contributed by atoms with van der Waals surface area (Å²) in [6.07, 6.45) is 0. The molecule has 1 aliphatic heterocycles. The second-order valence-electron chi connectivity index (χ2n) is 6.79. The van der Waals surface area contributed by atoms with Crippen LogP contribution in [0.15, 0.2) is 47.7 Å². The molecule has 1 heterocycles. The summed E-state index contributed by atoms with van der Waals surface area (Å²) in [5.74, 6) is -0.337. The maximum Gasteiger partial charge on any atom is 0.288 e. The zero-order valence-electron chi connectivity index (χ0n) is 16.0. The molecule has 9 heteroatoms. The van der Waals surface area contributed by atoms with E-state index in [2.05, 4.69) is 16.0 Å². The fourth-order valence-corrected chi connectivity index (χ4v) is 3.57. The molecule has 29 heavy (non-hydrogen) atoms. The Kier molecular flexibility index (Phi) is 5.86. The molecule has 1 atom stereocenters. The third-order valence-corrected chi connectivity index (χ3v) is 5.32. The van der Waals surface area contributed by atoms with E-state index in [0.717, 1.165) is 11.1 Å². The van der Waals surface area contributed by atoms with Gasteiger partial charge >= 0.3 is 0 Å². The number of hydrogen-bond acceptors (Lipinski definition) is 4. The van der Waals surface area contributed by atoms with E-state index >= 15 is 0 Å². The van der Waals surface area contributed by atoms with E-state index in [1.807, 2.05) is 32.0 Å². The number of carbonyl (C=O) groups excluding carboxylic acids is 1. The average molecular weight is 431 g/mol. The first-order valence-corrected chi connectivity index (χ1v) is 9.56. The minimum absolute atomic E-state index is 0.0251. The SMILES string of the molecule is CC1=C(C(=O)Nc2ccc(C)c(C)c2)[C@H](c2ccc(Cl)c([N+](=O)[O-])c2)NC(=S)N1. The summed E-state index contributed by atoms with van der Waals surface area (Å²) in [6.45, 7) is 5.69. The Morgan fingerprint density at radius 1 is 1.17 bits per heavy atom. The molecule has 0 saturated heterocycles. The van der Waals surface area contributed by atoms with E-state index in [1.165, 1.54) is 12.1 Å². The summed E-state index contributed by atoms with van der Waals surface area (Å²) in [5.41, 5.74) is 4.06. The lowest BCUT2D eigenvalue weighted by Crippen LogP contribution is -2.45. The van der Waals surface area contributed by atoms with Crippen molar-refractivity contribution < 1.29 is 9.72 Å². The van der Waals surface area contributed by atoms with Crippen LogP contribution in [0.5, 0.6) is 0 Å². The monoisotopic (exact) mass is 430 g/mol. The van der Waals surface area contributed by atoms with Gasteiger partial charge < -0.3 is 16.0 Å². The number of nitro benzene ring substituents is 1. The summed E-state index contributed by atoms with van der Waals surface area (Å²) < 4.78 is 0. The zero-order valence-corrected chi connectivity index (χ0v) is 17.6. The van der Waals surface area contributed by atoms with E-state index in [0.29, 0.717) is 27.6 Å². The van der Waals surface area contributed by atoms with Gasteiger partial charge in [-0.1, -0.05) is 23.7 Å². The molecule has 0 radical (unpaired) electrons. The van der Waals surface area contributed by atoms with Crippen LogP contribution in [0.3, 0.4) is 0 Å². The number of hydrogen-bond donors (Lipinski definition) is 3. The van der Waals surface area contributed by atoms with Crippen LogP contribution < -0.4 is 16.0 Å². The maximum atomic E-state index is 13.1. The number of aryl methyl sites for hydroxylation is 2. The Bertz CT molecular complexity index is 1070. The second-order valence-corrected chi connectivity index (χ2v) is 7.61. The number of amides is 1. The molecule has 2 aromatic carbocycles. The lowest BCUT2D eigenvalue weighted by molar-refractivity contribution is -0.384. The van der Waals surface area contributed by atoms with Gasteiger partial charge in [0.2, 0.25) is 0 Å². The summed E-state index contributed by atoms with van der Waals surface area (Å²) in [4.78, 5) is 23.8. The highest BCUT2D eigenvalue weighted by Crippen LogP contribution is 2.33. The smallest absolute Gasteiger partial charge is 0.288 e. The highest BCUT2D eigenvalue weighted by atomic mass is 35.5. The summed E-state index contributed by atoms with van der Waals surface area (Å²) >= 11 is 11.2. The van der Waals surface area contributed by atoms with E-state index in [-0.39, 0.29) is 16.6 Å². The van der Waals surface area contributed by atoms with Gasteiger partial charge in [0.25, 0.3) is 11.6 Å². The van der Waals surface area contributed by atoms with Gasteiger partial charge in [-0.2, -0.15) is 0 Å². The van der Waals surface area contributed by atoms with Crippen LogP contribution in [0.4, 0.5) is 11.4 Å². The largest absolute Gasteiger partial charge is 0.351 e. The lowest BCUT2D eigenvalue weighted by atomic mass is 9.94. The molecule has 3 rings (SSSR count). The fourth-order valence-electron chi connectivity index (χ4n) is 3.11. The molecule has 2 aromatic rings. The molecule has 0 fully saturated rings. The van der Waals surface area contributed by atoms with Gasteiger partial charge in [-0.15, -0.1) is 0 Å². The Morgan fingerprint density at radius 3 is 2.55 bits per heavy atom. The minimum Gasteiger partial charge on any atom is -0.351 e. The number of anilines is 1. The van der Waals surface area contributed by atoms with Gasteiger partial charge in [0.05, 0.1) is 16.5 Å². The van der Waals surface area contributed by atoms with Crippen molar-refractivity contribution in [2.24, 2.45) is 0 Å². The fraction of sp³-hybridized carbons (Fsp3) is 0.200. The maximum absolute atomic E-state index is 13.1. The molecule has 0 spiro atoms. The molecule has 150 valence electrons. The number of allylic oxidation sites excluding steroid dienone is 1. The number of nitrogens with one attached hydrogen (secondary N) is 3. The summed E-state index contributed by atoms with van der Waals surface area (Å²) in [6, 6.07) is 9.41. The molecule has 1 amide bonds. The molecule has 0 saturated carbocycles. The molecular weight excluding hydrogens is 412 g/mol. The molecule has 0 aliphatic carbocycles. The highest BCUT2D eigenvalue weighted by molar-refractivity contribution is 7.80. The van der Waals surface area contributed by atoms with Crippen molar-refractivity contribution in [3.05, 3.63) is 79.5 Å². The number of nitrogens with zero attached hydrogens (tertiary/aromatic N) is 1. The number of rotatable bonds is 4. The predicted molar refractivity (Wildman–Crippen MR) is 117 cm³/mol. The van der Waals surface area contributed by atoms with Crippen LogP contribution >= 0.6 is 23.8 Å². The third kappa shape index (κ3) is 4.38. The van der Waals surface area contributed by atoms with Crippen molar-refractivity contribution in [1.82, 2.24) is 10.6 Å². The van der Waals surface area contributed by atoms with Crippen molar-refractivity contribution >= 4 is 46.2 Å². The Labute approximate surface area is 178 Å². The van der Waals surface area contributed by atoms with Gasteiger partial charge in [-0.3, -0.25) is 14.9 Å². The third-order valence-electron chi connectivity index (χ3n) is 4.78. The normalized spacial score (nSPS) is 16.1. The zero-order chi connectivity index (χ0) is 21.3. The van der Waals surface area contributed by atoms with Crippen LogP contribution in [0.25, 0.3) is 0 Å². The molecular formula is C20H19ClN4O3S. The van der Waals surface area contributed by atoms with Crippen LogP contribution in [0, 0.1) is 24.0 Å². The first kappa shape index (κ1) is 20.8. The van der Waals surface area contributed by atoms with Crippen LogP contribution in [0.2, 0.25) is 5.02 Å². The van der Waals surface area contributed by atoms with Crippen molar-refractivity contribution in [2.75, 3.05) is 5.32 Å². The number of benzene rings is 2. The quantitative estimate of drug-likeness (QED) is 0.380. The number of thiocarbonyl (C=S) groups is 1. The summed E-state index contributed by atoms with van der Waals surface area (Å²) in [5, 5.41) is 20.5. The van der Waals surface area contributed by atoms with Gasteiger partial charge in [0.15, 0.2) is 5.11 Å². The minimum atomic E-state index is -0.661. The number of halogens is 1. The summed E-state index contributed by atoms with van der Waals surface area (Å²) in [7, 11) is 0. The molecule has 1 aliphatic rings. The van der Waals surface area contributed by atoms with Crippen molar-refractivity contribution in [3.63, 3.8) is 0 Å². The molecule has 7 nitrogen and oxygen atoms in total. The molecule has 0 aromatic heterocycles. The van der Waals surface area contributed by atoms with E-state index < -0.39 is 11.0 Å². The van der Waals surface area contributed by atoms with Gasteiger partial charge in [-0.05, 0) is 67.9 Å². The predicted octanol–water partition coefficient (Wildman–Crippen LogP) is 4.30. The Hall–Kier alpha value is -2.97. The lowest BCUT2D eigenvalue weighted by Gasteiger charge is -2.30. The van der Waals surface area contributed by atoms with Crippen LogP contribution in [-0.2, 0) is 4.79 Å². The standard InChI is InChI=1S/C20H19ClN4O3S/c1-10-4-6-14(8-11(10)2)23-19(26)17-12(3)22-20(29)24-18(17)13-5-7-15(21)16(9-13)25(27)28/h4-9,18H,1-3H3,(H,23,26)(H2,22,24,29)/t18-/m0/s1. The number of carbonyl (C=O) groups is 1. The first-order chi connectivity index (χ1) is 13.7. The van der Waals surface area contributed by atoms with Gasteiger partial charge in [0, 0.05) is 17.5 Å².